The fourth-order valence-corrected chi connectivity index (χ4v) is 4.49. The van der Waals surface area contributed by atoms with Gasteiger partial charge in [0.25, 0.3) is 0 Å². The van der Waals surface area contributed by atoms with Crippen molar-refractivity contribution in [2.75, 3.05) is 6.54 Å². The zero-order chi connectivity index (χ0) is 17.5. The summed E-state index contributed by atoms with van der Waals surface area (Å²) in [7, 11) is 0. The molecule has 2 nitrogen and oxygen atoms in total. The van der Waals surface area contributed by atoms with Gasteiger partial charge in [0.1, 0.15) is 0 Å². The zero-order valence-corrected chi connectivity index (χ0v) is 14.7. The van der Waals surface area contributed by atoms with Crippen molar-refractivity contribution < 1.29 is 4.79 Å². The second-order valence-corrected chi connectivity index (χ2v) is 7.19. The number of nitrogens with one attached hydrogen (secondary N) is 1. The van der Waals surface area contributed by atoms with Gasteiger partial charge in [0, 0.05) is 11.3 Å². The first-order chi connectivity index (χ1) is 12.8. The van der Waals surface area contributed by atoms with Gasteiger partial charge in [0.05, 0.1) is 6.54 Å². The highest BCUT2D eigenvalue weighted by molar-refractivity contribution is 5.94. The summed E-state index contributed by atoms with van der Waals surface area (Å²) >= 11 is 0. The van der Waals surface area contributed by atoms with Crippen molar-refractivity contribution >= 4 is 11.4 Å². The minimum Gasteiger partial charge on any atom is -0.377 e. The fourth-order valence-electron chi connectivity index (χ4n) is 4.49. The van der Waals surface area contributed by atoms with Crippen LogP contribution < -0.4 is 5.32 Å². The number of fused-ring (bicyclic) bond motifs is 5. The lowest BCUT2D eigenvalue weighted by Gasteiger charge is -2.28. The van der Waals surface area contributed by atoms with Gasteiger partial charge in [-0.1, -0.05) is 48.6 Å². The number of rotatable bonds is 1. The Balaban J connectivity index is 1.61. The van der Waals surface area contributed by atoms with Gasteiger partial charge in [-0.05, 0) is 71.2 Å². The molecular weight excluding hydrogens is 318 g/mol. The van der Waals surface area contributed by atoms with Gasteiger partial charge in [-0.15, -0.1) is 0 Å². The van der Waals surface area contributed by atoms with Crippen molar-refractivity contribution in [2.45, 2.75) is 25.7 Å². The Morgan fingerprint density at radius 3 is 2.65 bits per heavy atom. The van der Waals surface area contributed by atoms with Crippen LogP contribution in [-0.4, -0.2) is 12.3 Å². The molecule has 0 aromatic heterocycles. The molecule has 0 saturated heterocycles. The van der Waals surface area contributed by atoms with E-state index in [1.54, 1.807) is 6.08 Å². The van der Waals surface area contributed by atoms with Crippen molar-refractivity contribution in [2.24, 2.45) is 0 Å². The fraction of sp³-hybridized carbons (Fsp3) is 0.208. The first kappa shape index (κ1) is 15.4. The van der Waals surface area contributed by atoms with E-state index in [0.717, 1.165) is 31.4 Å². The van der Waals surface area contributed by atoms with E-state index in [4.69, 9.17) is 0 Å². The minimum absolute atomic E-state index is 0.120. The maximum atomic E-state index is 11.7. The van der Waals surface area contributed by atoms with E-state index in [2.05, 4.69) is 47.8 Å². The van der Waals surface area contributed by atoms with Gasteiger partial charge in [-0.25, -0.2) is 0 Å². The van der Waals surface area contributed by atoms with E-state index in [9.17, 15) is 4.79 Å². The second-order valence-electron chi connectivity index (χ2n) is 7.19. The molecule has 0 amide bonds. The smallest absolute Gasteiger partial charge is 0.174 e. The Hall–Kier alpha value is -2.87. The molecule has 3 aliphatic rings. The summed E-state index contributed by atoms with van der Waals surface area (Å²) in [6.07, 6.45) is 12.2. The van der Waals surface area contributed by atoms with Crippen LogP contribution >= 0.6 is 0 Å². The molecule has 0 saturated carbocycles. The summed E-state index contributed by atoms with van der Waals surface area (Å²) in [6, 6.07) is 13.4. The van der Waals surface area contributed by atoms with Crippen LogP contribution in [0.3, 0.4) is 0 Å². The van der Waals surface area contributed by atoms with Crippen LogP contribution in [-0.2, 0) is 24.1 Å². The van der Waals surface area contributed by atoms with E-state index in [1.165, 1.54) is 39.0 Å². The van der Waals surface area contributed by atoms with E-state index in [0.29, 0.717) is 6.54 Å². The highest BCUT2D eigenvalue weighted by Gasteiger charge is 2.24. The Morgan fingerprint density at radius 2 is 1.69 bits per heavy atom. The van der Waals surface area contributed by atoms with Crippen LogP contribution in [0.25, 0.3) is 16.7 Å². The Morgan fingerprint density at radius 1 is 0.846 bits per heavy atom. The zero-order valence-electron chi connectivity index (χ0n) is 14.7. The Kier molecular flexibility index (Phi) is 3.63. The summed E-state index contributed by atoms with van der Waals surface area (Å²) in [5.74, 6) is 0.120. The minimum atomic E-state index is 0.120. The normalized spacial score (nSPS) is 17.9. The summed E-state index contributed by atoms with van der Waals surface area (Å²) in [6.45, 7) is 0.368. The van der Waals surface area contributed by atoms with Gasteiger partial charge in [-0.2, -0.15) is 0 Å². The predicted molar refractivity (Wildman–Crippen MR) is 106 cm³/mol. The van der Waals surface area contributed by atoms with Crippen molar-refractivity contribution in [3.05, 3.63) is 88.7 Å². The first-order valence-corrected chi connectivity index (χ1v) is 9.40. The molecule has 2 aromatic carbocycles. The number of aryl methyl sites for hydroxylation is 1. The van der Waals surface area contributed by atoms with Crippen LogP contribution in [0.15, 0.2) is 66.4 Å². The molecule has 2 aliphatic carbocycles. The van der Waals surface area contributed by atoms with Crippen molar-refractivity contribution in [1.29, 1.82) is 0 Å². The highest BCUT2D eigenvalue weighted by Crippen LogP contribution is 2.41. The molecule has 128 valence electrons. The average molecular weight is 339 g/mol. The van der Waals surface area contributed by atoms with Gasteiger partial charge >= 0.3 is 0 Å². The monoisotopic (exact) mass is 339 g/mol. The lowest BCUT2D eigenvalue weighted by Crippen LogP contribution is -2.22. The summed E-state index contributed by atoms with van der Waals surface area (Å²) in [4.78, 5) is 11.7. The van der Waals surface area contributed by atoms with E-state index in [-0.39, 0.29) is 5.78 Å². The Labute approximate surface area is 153 Å². The number of hydrogen-bond donors (Lipinski definition) is 1. The summed E-state index contributed by atoms with van der Waals surface area (Å²) < 4.78 is 0. The first-order valence-electron chi connectivity index (χ1n) is 9.40. The van der Waals surface area contributed by atoms with Crippen LogP contribution in [0.4, 0.5) is 0 Å². The van der Waals surface area contributed by atoms with Gasteiger partial charge in [0.2, 0.25) is 0 Å². The molecular formula is C24H21NO. The van der Waals surface area contributed by atoms with Gasteiger partial charge in [0.15, 0.2) is 5.78 Å². The number of ketones is 1. The predicted octanol–water partition coefficient (Wildman–Crippen LogP) is 4.39. The average Bonchev–Trinajstić information content (AvgIpc) is 2.91. The van der Waals surface area contributed by atoms with E-state index >= 15 is 0 Å². The highest BCUT2D eigenvalue weighted by atomic mass is 16.1. The molecule has 0 atom stereocenters. The van der Waals surface area contributed by atoms with Crippen molar-refractivity contribution in [3.8, 4) is 11.1 Å². The van der Waals surface area contributed by atoms with Crippen LogP contribution in [0, 0.1) is 0 Å². The van der Waals surface area contributed by atoms with Gasteiger partial charge < -0.3 is 5.32 Å². The molecule has 0 spiro atoms. The molecule has 1 heterocycles. The molecule has 1 N–H and O–H groups in total. The lowest BCUT2D eigenvalue weighted by molar-refractivity contribution is -0.113. The topological polar surface area (TPSA) is 29.1 Å². The largest absolute Gasteiger partial charge is 0.377 e. The summed E-state index contributed by atoms with van der Waals surface area (Å²) in [5, 5.41) is 3.32. The molecule has 1 aliphatic heterocycles. The van der Waals surface area contributed by atoms with Crippen LogP contribution in [0.2, 0.25) is 0 Å². The number of benzene rings is 2. The molecule has 0 unspecified atom stereocenters. The number of hydrogen-bond acceptors (Lipinski definition) is 2. The van der Waals surface area contributed by atoms with Gasteiger partial charge in [-0.3, -0.25) is 4.79 Å². The SMILES string of the molecule is O=C1C=CC=C(C2=CCCc3c2ccc2c3CCc3ccccc3-2)NC1. The maximum Gasteiger partial charge on any atom is 0.174 e. The lowest BCUT2D eigenvalue weighted by atomic mass is 9.77. The van der Waals surface area contributed by atoms with Crippen LogP contribution in [0.1, 0.15) is 28.7 Å². The molecule has 0 radical (unpaired) electrons. The van der Waals surface area contributed by atoms with Crippen molar-refractivity contribution in [1.82, 2.24) is 5.32 Å². The third kappa shape index (κ3) is 2.45. The molecule has 2 heteroatoms. The van der Waals surface area contributed by atoms with Crippen LogP contribution in [0.5, 0.6) is 0 Å². The molecule has 5 rings (SSSR count). The standard InChI is InChI=1S/C24H21NO/c26-17-6-3-10-24(25-15-17)23-9-4-8-19-21-12-11-16-5-1-2-7-18(16)20(21)13-14-22(19)23/h1-3,5-7,9-10,13-14,25H,4,8,11-12,15H2. The number of carbonyl (C=O) groups is 1. The van der Waals surface area contributed by atoms with Crippen molar-refractivity contribution in [3.63, 3.8) is 0 Å². The van der Waals surface area contributed by atoms with E-state index < -0.39 is 0 Å². The third-order valence-electron chi connectivity index (χ3n) is 5.70. The maximum absolute atomic E-state index is 11.7. The quantitative estimate of drug-likeness (QED) is 0.835. The molecule has 0 fully saturated rings. The third-order valence-corrected chi connectivity index (χ3v) is 5.70. The molecule has 26 heavy (non-hydrogen) atoms. The Bertz CT molecular complexity index is 1010. The molecule has 0 bridgehead atoms. The van der Waals surface area contributed by atoms with E-state index in [1.807, 2.05) is 12.2 Å². The number of carbonyl (C=O) groups excluding carboxylic acids is 1. The second kappa shape index (κ2) is 6.14. The molecule has 2 aromatic rings. The number of allylic oxidation sites excluding steroid dienone is 4. The summed E-state index contributed by atoms with van der Waals surface area (Å²) in [5.41, 5.74) is 10.9.